The van der Waals surface area contributed by atoms with Crippen LogP contribution in [0, 0.1) is 0 Å². The molecule has 0 aliphatic carbocycles. The van der Waals surface area contributed by atoms with Crippen molar-refractivity contribution in [3.05, 3.63) is 30.3 Å². The molecule has 0 aliphatic rings. The topological polar surface area (TPSA) is 21.6 Å². The van der Waals surface area contributed by atoms with E-state index in [4.69, 9.17) is 4.74 Å². The molecule has 0 aromatic heterocycles. The Hall–Kier alpha value is -0.791. The summed E-state index contributed by atoms with van der Waals surface area (Å²) in [6.45, 7) is 2.57. The second-order valence-corrected chi connectivity index (χ2v) is 2.88. The van der Waals surface area contributed by atoms with E-state index in [0.29, 0.717) is 11.4 Å². The minimum absolute atomic E-state index is 0.587. The van der Waals surface area contributed by atoms with Crippen LogP contribution in [0.5, 0.6) is 0 Å². The molecule has 1 aromatic rings. The Morgan fingerprint density at radius 2 is 2.08 bits per heavy atom. The van der Waals surface area contributed by atoms with E-state index in [2.05, 4.69) is 21.0 Å². The van der Waals surface area contributed by atoms with E-state index in [1.807, 2.05) is 37.3 Å². The van der Waals surface area contributed by atoms with Gasteiger partial charge in [0.15, 0.2) is 0 Å². The van der Waals surface area contributed by atoms with Gasteiger partial charge in [0.1, 0.15) is 0 Å². The molecule has 0 aliphatic heterocycles. The quantitative estimate of drug-likeness (QED) is 0.429. The standard InChI is InChI=1S/C9H10NOSe/c1-2-11-9(12)10-8-6-4-3-5-7-8/h3-7H,2H2,1H3. The van der Waals surface area contributed by atoms with Gasteiger partial charge in [0.2, 0.25) is 0 Å². The Balaban J connectivity index is 2.67. The van der Waals surface area contributed by atoms with Gasteiger partial charge in [-0.2, -0.15) is 0 Å². The average Bonchev–Trinajstić information content (AvgIpc) is 2.06. The van der Waals surface area contributed by atoms with Crippen LogP contribution >= 0.6 is 0 Å². The van der Waals surface area contributed by atoms with Gasteiger partial charge in [-0.05, 0) is 0 Å². The Morgan fingerprint density at radius 1 is 1.42 bits per heavy atom. The Kier molecular flexibility index (Phi) is 3.85. The molecular formula is C9H10NOSe. The molecule has 0 N–H and O–H groups in total. The van der Waals surface area contributed by atoms with Crippen LogP contribution in [0.3, 0.4) is 0 Å². The molecule has 0 saturated heterocycles. The number of rotatable bonds is 2. The first-order valence-corrected chi connectivity index (χ1v) is 4.62. The minimum atomic E-state index is 0.587. The Bertz CT molecular complexity index is 258. The zero-order valence-electron chi connectivity index (χ0n) is 6.86. The molecule has 1 rings (SSSR count). The summed E-state index contributed by atoms with van der Waals surface area (Å²) in [5.41, 5.74) is 0.903. The number of aliphatic imine (C=N–C) groups is 1. The fraction of sp³-hybridized carbons (Fsp3) is 0.222. The average molecular weight is 227 g/mol. The molecule has 12 heavy (non-hydrogen) atoms. The first kappa shape index (κ1) is 9.30. The van der Waals surface area contributed by atoms with Gasteiger partial charge in [0.25, 0.3) is 0 Å². The van der Waals surface area contributed by atoms with E-state index < -0.39 is 0 Å². The van der Waals surface area contributed by atoms with Crippen LogP contribution in [0.15, 0.2) is 35.3 Å². The van der Waals surface area contributed by atoms with Gasteiger partial charge in [-0.1, -0.05) is 0 Å². The third-order valence-corrected chi connectivity index (χ3v) is 1.68. The van der Waals surface area contributed by atoms with Gasteiger partial charge in [-0.3, -0.25) is 0 Å². The predicted molar refractivity (Wildman–Crippen MR) is 50.9 cm³/mol. The summed E-state index contributed by atoms with van der Waals surface area (Å²) in [5, 5.41) is 0. The van der Waals surface area contributed by atoms with E-state index in [0.717, 1.165) is 5.69 Å². The summed E-state index contributed by atoms with van der Waals surface area (Å²) in [7, 11) is 0. The van der Waals surface area contributed by atoms with Crippen LogP contribution in [-0.4, -0.2) is 27.4 Å². The van der Waals surface area contributed by atoms with Crippen LogP contribution in [-0.2, 0) is 4.74 Å². The summed E-state index contributed by atoms with van der Waals surface area (Å²) >= 11 is 2.75. The maximum atomic E-state index is 5.14. The molecule has 0 fully saturated rings. The van der Waals surface area contributed by atoms with Gasteiger partial charge in [0.05, 0.1) is 0 Å². The number of benzene rings is 1. The van der Waals surface area contributed by atoms with E-state index in [1.165, 1.54) is 0 Å². The molecule has 1 aromatic carbocycles. The van der Waals surface area contributed by atoms with Crippen molar-refractivity contribution in [3.8, 4) is 0 Å². The second kappa shape index (κ2) is 4.96. The summed E-state index contributed by atoms with van der Waals surface area (Å²) < 4.78 is 5.14. The number of hydrogen-bond acceptors (Lipinski definition) is 2. The second-order valence-electron chi connectivity index (χ2n) is 2.15. The number of ether oxygens (including phenoxy) is 1. The van der Waals surface area contributed by atoms with Crippen molar-refractivity contribution >= 4 is 26.5 Å². The third kappa shape index (κ3) is 3.07. The molecule has 0 bridgehead atoms. The van der Waals surface area contributed by atoms with Crippen LogP contribution in [0.4, 0.5) is 5.69 Å². The SMILES string of the molecule is CCOC([Se])=Nc1ccccc1. The van der Waals surface area contributed by atoms with Crippen LogP contribution in [0.2, 0.25) is 0 Å². The van der Waals surface area contributed by atoms with Crippen molar-refractivity contribution in [2.75, 3.05) is 6.61 Å². The van der Waals surface area contributed by atoms with Crippen molar-refractivity contribution in [2.24, 2.45) is 4.99 Å². The van der Waals surface area contributed by atoms with E-state index in [-0.39, 0.29) is 0 Å². The third-order valence-electron chi connectivity index (χ3n) is 1.24. The van der Waals surface area contributed by atoms with E-state index in [9.17, 15) is 0 Å². The first-order chi connectivity index (χ1) is 5.83. The molecule has 63 valence electrons. The molecular weight excluding hydrogens is 217 g/mol. The van der Waals surface area contributed by atoms with Gasteiger partial charge >= 0.3 is 80.1 Å². The van der Waals surface area contributed by atoms with Gasteiger partial charge in [0, 0.05) is 0 Å². The predicted octanol–water partition coefficient (Wildman–Crippen LogP) is 1.88. The maximum absolute atomic E-state index is 5.14. The Labute approximate surface area is 80.5 Å². The first-order valence-electron chi connectivity index (χ1n) is 3.76. The van der Waals surface area contributed by atoms with Crippen LogP contribution in [0.25, 0.3) is 0 Å². The van der Waals surface area contributed by atoms with Crippen molar-refractivity contribution in [2.45, 2.75) is 6.92 Å². The Morgan fingerprint density at radius 3 is 2.67 bits per heavy atom. The number of para-hydroxylation sites is 1. The van der Waals surface area contributed by atoms with Crippen molar-refractivity contribution < 1.29 is 4.74 Å². The fourth-order valence-electron chi connectivity index (χ4n) is 0.764. The summed E-state index contributed by atoms with van der Waals surface area (Å²) in [6, 6.07) is 9.70. The van der Waals surface area contributed by atoms with Crippen LogP contribution < -0.4 is 0 Å². The zero-order valence-corrected chi connectivity index (χ0v) is 8.57. The summed E-state index contributed by atoms with van der Waals surface area (Å²) in [5.74, 6) is 0. The summed E-state index contributed by atoms with van der Waals surface area (Å²) in [4.78, 5) is 4.77. The van der Waals surface area contributed by atoms with Crippen molar-refractivity contribution in [3.63, 3.8) is 0 Å². The van der Waals surface area contributed by atoms with E-state index >= 15 is 0 Å². The molecule has 0 atom stereocenters. The van der Waals surface area contributed by atoms with Gasteiger partial charge in [-0.25, -0.2) is 0 Å². The molecule has 1 radical (unpaired) electrons. The molecule has 0 spiro atoms. The van der Waals surface area contributed by atoms with Crippen LogP contribution in [0.1, 0.15) is 6.92 Å². The summed E-state index contributed by atoms with van der Waals surface area (Å²) in [6.07, 6.45) is 0. The molecule has 0 unspecified atom stereocenters. The molecule has 0 saturated carbocycles. The molecule has 2 nitrogen and oxygen atoms in total. The molecule has 0 amide bonds. The number of hydrogen-bond donors (Lipinski definition) is 0. The normalized spacial score (nSPS) is 11.2. The molecule has 3 heteroatoms. The van der Waals surface area contributed by atoms with Crippen molar-refractivity contribution in [1.82, 2.24) is 0 Å². The monoisotopic (exact) mass is 228 g/mol. The van der Waals surface area contributed by atoms with Crippen molar-refractivity contribution in [1.29, 1.82) is 0 Å². The zero-order chi connectivity index (χ0) is 8.81. The number of nitrogens with zero attached hydrogens (tertiary/aromatic N) is 1. The fourth-order valence-corrected chi connectivity index (χ4v) is 1.23. The van der Waals surface area contributed by atoms with Gasteiger partial charge < -0.3 is 0 Å². The van der Waals surface area contributed by atoms with Gasteiger partial charge in [-0.15, -0.1) is 0 Å². The molecule has 0 heterocycles. The van der Waals surface area contributed by atoms with E-state index in [1.54, 1.807) is 0 Å².